The number of Topliss-reactive ketones (excluding diaryl/α,β-unsaturated/α-hetero) is 1. The van der Waals surface area contributed by atoms with Crippen molar-refractivity contribution in [2.45, 2.75) is 13.1 Å². The first-order chi connectivity index (χ1) is 19.2. The summed E-state index contributed by atoms with van der Waals surface area (Å²) in [5.41, 5.74) is 3.27. The second kappa shape index (κ2) is 9.62. The molecule has 3 heterocycles. The Morgan fingerprint density at radius 1 is 0.718 bits per heavy atom. The van der Waals surface area contributed by atoms with Gasteiger partial charge in [-0.05, 0) is 47.2 Å². The van der Waals surface area contributed by atoms with Crippen LogP contribution in [0.25, 0.3) is 38.3 Å². The van der Waals surface area contributed by atoms with Gasteiger partial charge in [0, 0.05) is 16.3 Å². The van der Waals surface area contributed by atoms with Gasteiger partial charge in [0.2, 0.25) is 12.1 Å². The molecular formula is C34H25N2O3+. The third-order valence-corrected chi connectivity index (χ3v) is 7.03. The van der Waals surface area contributed by atoms with E-state index in [4.69, 9.17) is 8.83 Å². The highest BCUT2D eigenvalue weighted by Gasteiger charge is 2.17. The average molecular weight is 510 g/mol. The Morgan fingerprint density at radius 3 is 2.00 bits per heavy atom. The maximum atomic E-state index is 13.0. The van der Waals surface area contributed by atoms with Gasteiger partial charge in [-0.25, -0.2) is 9.13 Å². The second-order valence-corrected chi connectivity index (χ2v) is 9.68. The highest BCUT2D eigenvalue weighted by Crippen LogP contribution is 2.32. The first-order valence-electron chi connectivity index (χ1n) is 12.9. The minimum Gasteiger partial charge on any atom is -0.456 e. The standard InChI is InChI=1S/C34H25N2O3/c37-30(26-14-13-24-7-1-2-8-25(24)19-26)22-36-18-17-35(23-36)16-15-29(33-20-27-9-3-5-11-31(27)38-33)34-21-28-10-4-6-12-32(28)39-34/h1-15,17-21,23H,16,22H2/q+1. The molecule has 0 aliphatic heterocycles. The van der Waals surface area contributed by atoms with Crippen LogP contribution in [-0.2, 0) is 13.1 Å². The number of aromatic nitrogens is 2. The molecule has 4 aromatic carbocycles. The summed E-state index contributed by atoms with van der Waals surface area (Å²) in [4.78, 5) is 13.0. The number of imidazole rings is 1. The topological polar surface area (TPSA) is 52.2 Å². The molecular weight excluding hydrogens is 484 g/mol. The van der Waals surface area contributed by atoms with Crippen LogP contribution in [0.3, 0.4) is 0 Å². The summed E-state index contributed by atoms with van der Waals surface area (Å²) < 4.78 is 16.4. The molecule has 0 aliphatic rings. The van der Waals surface area contributed by atoms with Gasteiger partial charge in [0.05, 0.1) is 5.57 Å². The summed E-state index contributed by atoms with van der Waals surface area (Å²) in [5.74, 6) is 1.58. The van der Waals surface area contributed by atoms with Crippen molar-refractivity contribution in [1.29, 1.82) is 0 Å². The van der Waals surface area contributed by atoms with Crippen LogP contribution in [-0.4, -0.2) is 10.4 Å². The largest absolute Gasteiger partial charge is 0.456 e. The summed E-state index contributed by atoms with van der Waals surface area (Å²) in [5, 5.41) is 4.28. The highest BCUT2D eigenvalue weighted by atomic mass is 16.4. The predicted molar refractivity (Wildman–Crippen MR) is 152 cm³/mol. The monoisotopic (exact) mass is 509 g/mol. The Morgan fingerprint density at radius 2 is 1.33 bits per heavy atom. The summed E-state index contributed by atoms with van der Waals surface area (Å²) in [7, 11) is 0. The van der Waals surface area contributed by atoms with E-state index in [1.807, 2.05) is 125 Å². The molecule has 0 N–H and O–H groups in total. The lowest BCUT2D eigenvalue weighted by Gasteiger charge is -2.02. The Bertz CT molecular complexity index is 1860. The minimum absolute atomic E-state index is 0.0734. The molecule has 0 spiro atoms. The zero-order valence-electron chi connectivity index (χ0n) is 21.2. The molecule has 7 rings (SSSR count). The third kappa shape index (κ3) is 4.55. The lowest BCUT2D eigenvalue weighted by molar-refractivity contribution is -0.682. The molecule has 0 saturated carbocycles. The number of nitrogens with zero attached hydrogens (tertiary/aromatic N) is 2. The van der Waals surface area contributed by atoms with Gasteiger partial charge in [-0.2, -0.15) is 0 Å². The number of hydrogen-bond donors (Lipinski definition) is 0. The first-order valence-corrected chi connectivity index (χ1v) is 12.9. The van der Waals surface area contributed by atoms with Crippen molar-refractivity contribution >= 4 is 44.1 Å². The van der Waals surface area contributed by atoms with E-state index in [9.17, 15) is 4.79 Å². The number of furan rings is 2. The van der Waals surface area contributed by atoms with Crippen molar-refractivity contribution in [1.82, 2.24) is 4.57 Å². The zero-order chi connectivity index (χ0) is 26.2. The molecule has 7 aromatic rings. The smallest absolute Gasteiger partial charge is 0.244 e. The van der Waals surface area contributed by atoms with E-state index in [1.165, 1.54) is 0 Å². The van der Waals surface area contributed by atoms with Gasteiger partial charge in [-0.3, -0.25) is 4.79 Å². The average Bonchev–Trinajstić information content (AvgIpc) is 3.71. The minimum atomic E-state index is 0.0734. The summed E-state index contributed by atoms with van der Waals surface area (Å²) in [6.07, 6.45) is 7.95. The van der Waals surface area contributed by atoms with Crippen LogP contribution in [0.15, 0.2) is 137 Å². The van der Waals surface area contributed by atoms with Crippen molar-refractivity contribution in [2.75, 3.05) is 0 Å². The van der Waals surface area contributed by atoms with Crippen molar-refractivity contribution in [3.63, 3.8) is 0 Å². The number of ketones is 1. The van der Waals surface area contributed by atoms with E-state index in [0.29, 0.717) is 12.1 Å². The van der Waals surface area contributed by atoms with Gasteiger partial charge >= 0.3 is 0 Å². The van der Waals surface area contributed by atoms with Crippen LogP contribution in [0, 0.1) is 0 Å². The van der Waals surface area contributed by atoms with E-state index in [1.54, 1.807) is 0 Å². The molecule has 0 bridgehead atoms. The third-order valence-electron chi connectivity index (χ3n) is 7.03. The summed E-state index contributed by atoms with van der Waals surface area (Å²) >= 11 is 0. The Balaban J connectivity index is 1.16. The van der Waals surface area contributed by atoms with Crippen LogP contribution in [0.4, 0.5) is 0 Å². The number of rotatable bonds is 7. The van der Waals surface area contributed by atoms with Gasteiger partial charge in [-0.15, -0.1) is 0 Å². The maximum Gasteiger partial charge on any atom is 0.244 e. The fourth-order valence-electron chi connectivity index (χ4n) is 5.01. The normalized spacial score (nSPS) is 11.4. The molecule has 5 heteroatoms. The lowest BCUT2D eigenvalue weighted by atomic mass is 10.0. The molecule has 0 unspecified atom stereocenters. The molecule has 3 aromatic heterocycles. The fraction of sp³-hybridized carbons (Fsp3) is 0.0588. The van der Waals surface area contributed by atoms with E-state index < -0.39 is 0 Å². The predicted octanol–water partition coefficient (Wildman–Crippen LogP) is 7.44. The van der Waals surface area contributed by atoms with Crippen molar-refractivity contribution in [3.8, 4) is 0 Å². The lowest BCUT2D eigenvalue weighted by Crippen LogP contribution is -2.35. The molecule has 0 aliphatic carbocycles. The van der Waals surface area contributed by atoms with Crippen LogP contribution in [0.1, 0.15) is 21.9 Å². The highest BCUT2D eigenvalue weighted by molar-refractivity contribution is 5.99. The van der Waals surface area contributed by atoms with Crippen molar-refractivity contribution in [3.05, 3.63) is 145 Å². The second-order valence-electron chi connectivity index (χ2n) is 9.68. The number of carbonyl (C=O) groups excluding carboxylic acids is 1. The van der Waals surface area contributed by atoms with Gasteiger partial charge in [-0.1, -0.05) is 72.8 Å². The Hall–Kier alpha value is -5.16. The van der Waals surface area contributed by atoms with E-state index >= 15 is 0 Å². The molecule has 5 nitrogen and oxygen atoms in total. The van der Waals surface area contributed by atoms with Gasteiger partial charge < -0.3 is 8.83 Å². The van der Waals surface area contributed by atoms with E-state index in [2.05, 4.69) is 12.1 Å². The number of hydrogen-bond acceptors (Lipinski definition) is 3. The van der Waals surface area contributed by atoms with Gasteiger partial charge in [0.25, 0.3) is 0 Å². The summed E-state index contributed by atoms with van der Waals surface area (Å²) in [6.45, 7) is 0.857. The molecule has 0 fully saturated rings. The Kier molecular flexibility index (Phi) is 5.67. The summed E-state index contributed by atoms with van der Waals surface area (Å²) in [6, 6.07) is 34.0. The quantitative estimate of drug-likeness (QED) is 0.166. The molecule has 0 atom stereocenters. The number of carbonyl (C=O) groups is 1. The SMILES string of the molecule is O=C(C[n+]1ccn(CC=C(c2cc3ccccc3o2)c2cc3ccccc3o2)c1)c1ccc2ccccc2c1. The van der Waals surface area contributed by atoms with Crippen LogP contribution >= 0.6 is 0 Å². The number of benzene rings is 4. The molecule has 0 radical (unpaired) electrons. The Labute approximate surface area is 224 Å². The van der Waals surface area contributed by atoms with Crippen LogP contribution in [0.5, 0.6) is 0 Å². The number of allylic oxidation sites excluding steroid dienone is 1. The molecule has 39 heavy (non-hydrogen) atoms. The van der Waals surface area contributed by atoms with Crippen LogP contribution in [0.2, 0.25) is 0 Å². The van der Waals surface area contributed by atoms with Gasteiger partial charge in [0.15, 0.2) is 6.54 Å². The number of fused-ring (bicyclic) bond motifs is 3. The van der Waals surface area contributed by atoms with Crippen molar-refractivity contribution in [2.24, 2.45) is 0 Å². The zero-order valence-corrected chi connectivity index (χ0v) is 21.2. The maximum absolute atomic E-state index is 13.0. The molecule has 0 saturated heterocycles. The van der Waals surface area contributed by atoms with Gasteiger partial charge in [0.1, 0.15) is 41.6 Å². The fourth-order valence-corrected chi connectivity index (χ4v) is 5.01. The van der Waals surface area contributed by atoms with Crippen LogP contribution < -0.4 is 4.57 Å². The van der Waals surface area contributed by atoms with E-state index in [-0.39, 0.29) is 12.3 Å². The van der Waals surface area contributed by atoms with Crippen molar-refractivity contribution < 1.29 is 18.2 Å². The molecule has 0 amide bonds. The number of para-hydroxylation sites is 2. The first kappa shape index (κ1) is 23.0. The van der Waals surface area contributed by atoms with E-state index in [0.717, 1.165) is 49.8 Å². The molecule has 188 valence electrons.